The van der Waals surface area contributed by atoms with E-state index in [-0.39, 0.29) is 5.56 Å². The number of nitrogens with zero attached hydrogens (tertiary/aromatic N) is 1. The monoisotopic (exact) mass is 335 g/mol. The van der Waals surface area contributed by atoms with E-state index in [4.69, 9.17) is 10.0 Å². The number of alkyl halides is 6. The third-order valence-corrected chi connectivity index (χ3v) is 2.92. The summed E-state index contributed by atoms with van der Waals surface area (Å²) >= 11 is 0. The summed E-state index contributed by atoms with van der Waals surface area (Å²) in [5.74, 6) is 0. The molecule has 1 aromatic heterocycles. The molecule has 0 fully saturated rings. The summed E-state index contributed by atoms with van der Waals surface area (Å²) in [6.45, 7) is 0. The summed E-state index contributed by atoms with van der Waals surface area (Å²) in [6, 6.07) is 4.87. The molecule has 0 saturated carbocycles. The minimum Gasteiger partial charge on any atom is -0.423 e. The zero-order chi connectivity index (χ0) is 17.4. The van der Waals surface area contributed by atoms with Crippen LogP contribution in [0.15, 0.2) is 36.4 Å². The fraction of sp³-hybridized carbons (Fsp3) is 0.154. The van der Waals surface area contributed by atoms with Crippen LogP contribution in [-0.4, -0.2) is 22.2 Å². The van der Waals surface area contributed by atoms with Gasteiger partial charge in [-0.15, -0.1) is 0 Å². The van der Waals surface area contributed by atoms with E-state index >= 15 is 0 Å². The molecule has 0 amide bonds. The number of pyridine rings is 1. The summed E-state index contributed by atoms with van der Waals surface area (Å²) in [6.07, 6.45) is -9.56. The molecule has 1 aromatic carbocycles. The number of rotatable bonds is 2. The van der Waals surface area contributed by atoms with Gasteiger partial charge in [-0.2, -0.15) is 26.3 Å². The molecule has 2 aromatic rings. The molecule has 0 aliphatic heterocycles. The van der Waals surface area contributed by atoms with Crippen molar-refractivity contribution >= 4 is 12.6 Å². The Kier molecular flexibility index (Phi) is 4.40. The van der Waals surface area contributed by atoms with Gasteiger partial charge in [0.05, 0.1) is 11.3 Å². The lowest BCUT2D eigenvalue weighted by Gasteiger charge is -2.12. The number of hydrogen-bond acceptors (Lipinski definition) is 3. The Labute approximate surface area is 126 Å². The standard InChI is InChI=1S/C13H8BF6NO2/c15-12(16,17)8-3-1-2-7(4-8)10-5-9(14(22)23)6-11(21-10)13(18,19)20/h1-6,22-23H. The quantitative estimate of drug-likeness (QED) is 0.655. The molecule has 0 atom stereocenters. The van der Waals surface area contributed by atoms with E-state index in [1.165, 1.54) is 0 Å². The Bertz CT molecular complexity index is 714. The van der Waals surface area contributed by atoms with E-state index in [2.05, 4.69) is 4.98 Å². The van der Waals surface area contributed by atoms with E-state index < -0.39 is 41.9 Å². The lowest BCUT2D eigenvalue weighted by molar-refractivity contribution is -0.141. The first-order valence-corrected chi connectivity index (χ1v) is 6.11. The highest BCUT2D eigenvalue weighted by Crippen LogP contribution is 2.33. The number of benzene rings is 1. The molecule has 10 heteroatoms. The molecule has 23 heavy (non-hydrogen) atoms. The maximum absolute atomic E-state index is 12.8. The molecule has 0 aliphatic rings. The fourth-order valence-corrected chi connectivity index (χ4v) is 1.85. The van der Waals surface area contributed by atoms with Crippen LogP contribution in [0.3, 0.4) is 0 Å². The van der Waals surface area contributed by atoms with Gasteiger partial charge in [0.25, 0.3) is 0 Å². The Morgan fingerprint density at radius 2 is 1.52 bits per heavy atom. The van der Waals surface area contributed by atoms with Gasteiger partial charge in [0.2, 0.25) is 0 Å². The van der Waals surface area contributed by atoms with E-state index in [0.717, 1.165) is 24.3 Å². The van der Waals surface area contributed by atoms with Gasteiger partial charge in [0.15, 0.2) is 0 Å². The van der Waals surface area contributed by atoms with Crippen LogP contribution in [0, 0.1) is 0 Å². The molecule has 0 saturated heterocycles. The first kappa shape index (κ1) is 17.3. The van der Waals surface area contributed by atoms with Gasteiger partial charge in [0.1, 0.15) is 5.69 Å². The van der Waals surface area contributed by atoms with Crippen LogP contribution in [0.4, 0.5) is 26.3 Å². The molecule has 122 valence electrons. The predicted octanol–water partition coefficient (Wildman–Crippen LogP) is 2.47. The third kappa shape index (κ3) is 4.02. The molecule has 1 heterocycles. The zero-order valence-corrected chi connectivity index (χ0v) is 11.2. The van der Waals surface area contributed by atoms with Crippen LogP contribution >= 0.6 is 0 Å². The van der Waals surface area contributed by atoms with Gasteiger partial charge in [-0.3, -0.25) is 0 Å². The summed E-state index contributed by atoms with van der Waals surface area (Å²) in [7, 11) is -2.22. The van der Waals surface area contributed by atoms with Gasteiger partial charge < -0.3 is 10.0 Å². The van der Waals surface area contributed by atoms with Crippen LogP contribution in [0.2, 0.25) is 0 Å². The van der Waals surface area contributed by atoms with Crippen LogP contribution in [-0.2, 0) is 12.4 Å². The van der Waals surface area contributed by atoms with Gasteiger partial charge in [0, 0.05) is 5.56 Å². The molecule has 0 radical (unpaired) electrons. The summed E-state index contributed by atoms with van der Waals surface area (Å²) in [4.78, 5) is 3.27. The highest BCUT2D eigenvalue weighted by Gasteiger charge is 2.35. The minimum absolute atomic E-state index is 0.229. The van der Waals surface area contributed by atoms with Gasteiger partial charge in [-0.1, -0.05) is 12.1 Å². The van der Waals surface area contributed by atoms with E-state index in [1.807, 2.05) is 0 Å². The van der Waals surface area contributed by atoms with Crippen LogP contribution in [0.1, 0.15) is 11.3 Å². The predicted molar refractivity (Wildman–Crippen MR) is 69.5 cm³/mol. The van der Waals surface area contributed by atoms with E-state index in [1.54, 1.807) is 0 Å². The topological polar surface area (TPSA) is 53.4 Å². The first-order valence-electron chi connectivity index (χ1n) is 6.11. The summed E-state index contributed by atoms with van der Waals surface area (Å²) in [5, 5.41) is 18.1. The van der Waals surface area contributed by atoms with Gasteiger partial charge in [-0.05, 0) is 29.7 Å². The van der Waals surface area contributed by atoms with Crippen molar-refractivity contribution in [2.24, 2.45) is 0 Å². The van der Waals surface area contributed by atoms with Crippen molar-refractivity contribution in [1.29, 1.82) is 0 Å². The second-order valence-electron chi connectivity index (χ2n) is 4.62. The molecule has 0 spiro atoms. The molecule has 2 N–H and O–H groups in total. The Morgan fingerprint density at radius 1 is 0.870 bits per heavy atom. The second kappa shape index (κ2) is 5.86. The Morgan fingerprint density at radius 3 is 2.04 bits per heavy atom. The molecular formula is C13H8BF6NO2. The van der Waals surface area contributed by atoms with E-state index in [0.29, 0.717) is 12.1 Å². The Balaban J connectivity index is 2.61. The fourth-order valence-electron chi connectivity index (χ4n) is 1.85. The maximum atomic E-state index is 12.8. The zero-order valence-electron chi connectivity index (χ0n) is 11.2. The smallest absolute Gasteiger partial charge is 0.423 e. The summed E-state index contributed by atoms with van der Waals surface area (Å²) < 4.78 is 76.4. The van der Waals surface area contributed by atoms with Crippen molar-refractivity contribution in [2.45, 2.75) is 12.4 Å². The van der Waals surface area contributed by atoms with Crippen LogP contribution in [0.25, 0.3) is 11.3 Å². The van der Waals surface area contributed by atoms with Crippen molar-refractivity contribution in [3.8, 4) is 11.3 Å². The van der Waals surface area contributed by atoms with Crippen LogP contribution < -0.4 is 5.46 Å². The highest BCUT2D eigenvalue weighted by molar-refractivity contribution is 6.58. The van der Waals surface area contributed by atoms with Crippen molar-refractivity contribution in [3.05, 3.63) is 47.7 Å². The maximum Gasteiger partial charge on any atom is 0.488 e. The molecule has 3 nitrogen and oxygen atoms in total. The second-order valence-corrected chi connectivity index (χ2v) is 4.62. The van der Waals surface area contributed by atoms with Gasteiger partial charge >= 0.3 is 19.5 Å². The van der Waals surface area contributed by atoms with Crippen molar-refractivity contribution in [2.75, 3.05) is 0 Å². The largest absolute Gasteiger partial charge is 0.488 e. The number of hydrogen-bond donors (Lipinski definition) is 2. The average Bonchev–Trinajstić information content (AvgIpc) is 2.45. The number of halogens is 6. The highest BCUT2D eigenvalue weighted by atomic mass is 19.4. The molecule has 0 aliphatic carbocycles. The molecular weight excluding hydrogens is 327 g/mol. The molecule has 0 bridgehead atoms. The SMILES string of the molecule is OB(O)c1cc(-c2cccc(C(F)(F)F)c2)nc(C(F)(F)F)c1. The van der Waals surface area contributed by atoms with Crippen molar-refractivity contribution < 1.29 is 36.4 Å². The first-order chi connectivity index (χ1) is 10.5. The number of aromatic nitrogens is 1. The van der Waals surface area contributed by atoms with Crippen LogP contribution in [0.5, 0.6) is 0 Å². The van der Waals surface area contributed by atoms with Crippen molar-refractivity contribution in [3.63, 3.8) is 0 Å². The normalized spacial score (nSPS) is 12.3. The van der Waals surface area contributed by atoms with Crippen molar-refractivity contribution in [1.82, 2.24) is 4.98 Å². The average molecular weight is 335 g/mol. The Hall–Kier alpha value is -2.07. The minimum atomic E-state index is -4.89. The van der Waals surface area contributed by atoms with E-state index in [9.17, 15) is 26.3 Å². The molecule has 2 rings (SSSR count). The summed E-state index contributed by atoms with van der Waals surface area (Å²) in [5.41, 5.74) is -3.70. The lowest BCUT2D eigenvalue weighted by Crippen LogP contribution is -2.31. The lowest BCUT2D eigenvalue weighted by atomic mass is 9.79. The molecule has 0 unspecified atom stereocenters. The van der Waals surface area contributed by atoms with Gasteiger partial charge in [-0.25, -0.2) is 4.98 Å². The third-order valence-electron chi connectivity index (χ3n) is 2.92.